The van der Waals surface area contributed by atoms with Gasteiger partial charge in [-0.25, -0.2) is 9.59 Å². The Balaban J connectivity index is 1.00. The maximum Gasteiger partial charge on any atom is 0.414 e. The molecule has 66 heavy (non-hydrogen) atoms. The second kappa shape index (κ2) is 16.9. The van der Waals surface area contributed by atoms with E-state index in [-0.39, 0.29) is 47.9 Å². The van der Waals surface area contributed by atoms with E-state index in [0.29, 0.717) is 32.9 Å². The summed E-state index contributed by atoms with van der Waals surface area (Å²) in [5.41, 5.74) is 8.87. The third kappa shape index (κ3) is 8.04. The van der Waals surface area contributed by atoms with Crippen molar-refractivity contribution in [2.24, 2.45) is 0 Å². The number of benzene rings is 8. The summed E-state index contributed by atoms with van der Waals surface area (Å²) in [6, 6.07) is 50.1. The monoisotopic (exact) mass is 916 g/mol. The van der Waals surface area contributed by atoms with Crippen molar-refractivity contribution in [2.75, 3.05) is 36.1 Å². The van der Waals surface area contributed by atoms with Crippen LogP contribution in [0.5, 0.6) is 0 Å². The van der Waals surface area contributed by atoms with Gasteiger partial charge in [0.15, 0.2) is 0 Å². The lowest BCUT2D eigenvalue weighted by molar-refractivity contribution is 0.147. The summed E-state index contributed by atoms with van der Waals surface area (Å²) in [6.45, 7) is -0.345. The van der Waals surface area contributed by atoms with Crippen LogP contribution in [-0.4, -0.2) is 64.4 Å². The molecule has 0 bridgehead atoms. The molecular formula is C52H40N2O10S2. The Labute approximate surface area is 380 Å². The van der Waals surface area contributed by atoms with Crippen LogP contribution in [0.4, 0.5) is 21.0 Å². The average Bonchev–Trinajstić information content (AvgIpc) is 3.82. The number of amides is 2. The van der Waals surface area contributed by atoms with Gasteiger partial charge in [0, 0.05) is 36.3 Å². The minimum atomic E-state index is -4.55. The fourth-order valence-corrected chi connectivity index (χ4v) is 10.3. The van der Waals surface area contributed by atoms with Gasteiger partial charge in [-0.3, -0.25) is 18.9 Å². The van der Waals surface area contributed by atoms with Crippen molar-refractivity contribution < 1.29 is 45.0 Å². The third-order valence-electron chi connectivity index (χ3n) is 12.5. The van der Waals surface area contributed by atoms with Crippen molar-refractivity contribution in [3.8, 4) is 22.3 Å². The topological polar surface area (TPSA) is 168 Å². The first-order chi connectivity index (χ1) is 31.8. The maximum absolute atomic E-state index is 14.6. The molecule has 0 fully saturated rings. The smallest absolute Gasteiger partial charge is 0.414 e. The minimum absolute atomic E-state index is 0.0132. The predicted octanol–water partition coefficient (Wildman–Crippen LogP) is 10.7. The van der Waals surface area contributed by atoms with Gasteiger partial charge in [-0.2, -0.15) is 16.8 Å². The van der Waals surface area contributed by atoms with Gasteiger partial charge in [-0.1, -0.05) is 121 Å². The van der Waals surface area contributed by atoms with Gasteiger partial charge in [0.2, 0.25) is 0 Å². The van der Waals surface area contributed by atoms with Crippen LogP contribution in [0, 0.1) is 0 Å². The van der Waals surface area contributed by atoms with Crippen molar-refractivity contribution in [3.05, 3.63) is 192 Å². The van der Waals surface area contributed by atoms with Gasteiger partial charge < -0.3 is 9.47 Å². The number of carbonyl (C=O) groups is 2. The zero-order valence-corrected chi connectivity index (χ0v) is 36.7. The van der Waals surface area contributed by atoms with E-state index >= 15 is 0 Å². The molecule has 2 aliphatic carbocycles. The van der Waals surface area contributed by atoms with Crippen LogP contribution in [0.3, 0.4) is 0 Å². The standard InChI is InChI=1S/C52H40N2O10S2/c55-51(63-31-49-45-13-5-1-9-41(45)42-10-2-6-14-46(42)49)53(37-21-17-33-19-23-39(65(57,58)59)29-35(33)27-37)25-26-54(38-22-18-34-20-24-40(66(60,61)62)30-36(34)28-38)52(56)64-32-50-47-15-7-3-11-43(47)44-12-4-8-16-48(44)50/h1-24,27-30,49-50H,25-26,31-32H2,(H,57,58,59)(H,60,61,62). The van der Waals surface area contributed by atoms with Crippen LogP contribution >= 0.6 is 0 Å². The summed E-state index contributed by atoms with van der Waals surface area (Å²) in [5.74, 6) is -0.528. The van der Waals surface area contributed by atoms with Gasteiger partial charge in [0.1, 0.15) is 13.2 Å². The summed E-state index contributed by atoms with van der Waals surface area (Å²) in [6.07, 6.45) is -1.49. The normalized spacial score (nSPS) is 13.2. The van der Waals surface area contributed by atoms with Crippen molar-refractivity contribution in [1.29, 1.82) is 0 Å². The molecule has 8 aromatic rings. The highest BCUT2D eigenvalue weighted by atomic mass is 32.2. The summed E-state index contributed by atoms with van der Waals surface area (Å²) in [4.78, 5) is 31.3. The number of carbonyl (C=O) groups excluding carboxylic acids is 2. The van der Waals surface area contributed by atoms with E-state index in [4.69, 9.17) is 9.47 Å². The molecule has 10 rings (SSSR count). The Kier molecular flexibility index (Phi) is 10.9. The van der Waals surface area contributed by atoms with E-state index in [1.165, 1.54) is 34.1 Å². The average molecular weight is 917 g/mol. The summed E-state index contributed by atoms with van der Waals surface area (Å²) >= 11 is 0. The molecule has 2 amide bonds. The highest BCUT2D eigenvalue weighted by Crippen LogP contribution is 2.46. The van der Waals surface area contributed by atoms with Gasteiger partial charge in [0.05, 0.1) is 9.79 Å². The molecule has 0 heterocycles. The number of rotatable bonds is 11. The number of fused-ring (bicyclic) bond motifs is 8. The van der Waals surface area contributed by atoms with Crippen molar-refractivity contribution in [1.82, 2.24) is 0 Å². The number of ether oxygens (including phenoxy) is 2. The molecule has 0 aliphatic heterocycles. The second-order valence-electron chi connectivity index (χ2n) is 16.2. The molecule has 330 valence electrons. The molecule has 0 atom stereocenters. The molecule has 0 saturated heterocycles. The number of nitrogens with zero attached hydrogens (tertiary/aromatic N) is 2. The largest absolute Gasteiger partial charge is 0.448 e. The Morgan fingerprint density at radius 2 is 0.742 bits per heavy atom. The fraction of sp³-hybridized carbons (Fsp3) is 0.115. The minimum Gasteiger partial charge on any atom is -0.448 e. The van der Waals surface area contributed by atoms with Crippen LogP contribution in [0.2, 0.25) is 0 Å². The van der Waals surface area contributed by atoms with Gasteiger partial charge in [-0.15, -0.1) is 0 Å². The Bertz CT molecular complexity index is 3160. The van der Waals surface area contributed by atoms with E-state index in [1.807, 2.05) is 97.1 Å². The van der Waals surface area contributed by atoms with Crippen molar-refractivity contribution in [3.63, 3.8) is 0 Å². The Morgan fingerprint density at radius 3 is 1.08 bits per heavy atom. The molecule has 2 N–H and O–H groups in total. The highest BCUT2D eigenvalue weighted by Gasteiger charge is 2.33. The fourth-order valence-electron chi connectivity index (χ4n) is 9.28. The molecule has 14 heteroatoms. The Morgan fingerprint density at radius 1 is 0.424 bits per heavy atom. The van der Waals surface area contributed by atoms with Crippen molar-refractivity contribution >= 4 is 65.3 Å². The first kappa shape index (κ1) is 42.6. The van der Waals surface area contributed by atoms with E-state index < -0.39 is 32.4 Å². The third-order valence-corrected chi connectivity index (χ3v) is 14.2. The van der Waals surface area contributed by atoms with Crippen LogP contribution in [0.25, 0.3) is 43.8 Å². The zero-order chi connectivity index (χ0) is 45.7. The second-order valence-corrected chi connectivity index (χ2v) is 19.1. The van der Waals surface area contributed by atoms with E-state index in [0.717, 1.165) is 44.5 Å². The lowest BCUT2D eigenvalue weighted by atomic mass is 9.98. The van der Waals surface area contributed by atoms with Crippen LogP contribution in [0.15, 0.2) is 180 Å². The number of hydrogen-bond donors (Lipinski definition) is 2. The molecule has 12 nitrogen and oxygen atoms in total. The number of anilines is 2. The molecule has 0 radical (unpaired) electrons. The van der Waals surface area contributed by atoms with Gasteiger partial charge >= 0.3 is 12.2 Å². The summed E-state index contributed by atoms with van der Waals surface area (Å²) < 4.78 is 80.7. The lowest BCUT2D eigenvalue weighted by Gasteiger charge is -2.28. The first-order valence-corrected chi connectivity index (χ1v) is 24.0. The van der Waals surface area contributed by atoms with Gasteiger partial charge in [0.25, 0.3) is 20.2 Å². The summed E-state index contributed by atoms with van der Waals surface area (Å²) in [5, 5.41) is 2.10. The van der Waals surface area contributed by atoms with Crippen LogP contribution in [-0.2, 0) is 29.7 Å². The number of hydrogen-bond acceptors (Lipinski definition) is 8. The van der Waals surface area contributed by atoms with Gasteiger partial charge in [-0.05, 0) is 115 Å². The molecule has 0 spiro atoms. The van der Waals surface area contributed by atoms with Crippen LogP contribution in [0.1, 0.15) is 34.1 Å². The van der Waals surface area contributed by atoms with Crippen molar-refractivity contribution in [2.45, 2.75) is 21.6 Å². The maximum atomic E-state index is 14.6. The molecule has 8 aromatic carbocycles. The zero-order valence-electron chi connectivity index (χ0n) is 35.0. The van der Waals surface area contributed by atoms with E-state index in [2.05, 4.69) is 0 Å². The molecule has 0 saturated carbocycles. The summed E-state index contributed by atoms with van der Waals surface area (Å²) in [7, 11) is -9.11. The quantitative estimate of drug-likeness (QED) is 0.119. The SMILES string of the molecule is O=C(OCC1c2ccccc2-c2ccccc21)N(CCN(C(=O)OCC1c2ccccc2-c2ccccc21)c1ccc2ccc(S(=O)(=O)O)cc2c1)c1ccc2ccc(S(=O)(=O)O)cc2c1. The molecule has 0 aromatic heterocycles. The first-order valence-electron chi connectivity index (χ1n) is 21.1. The van der Waals surface area contributed by atoms with E-state index in [1.54, 1.807) is 48.5 Å². The highest BCUT2D eigenvalue weighted by molar-refractivity contribution is 7.86. The molecule has 0 unspecified atom stereocenters. The lowest BCUT2D eigenvalue weighted by Crippen LogP contribution is -2.42. The molecular weight excluding hydrogens is 877 g/mol. The Hall–Kier alpha value is -7.36. The van der Waals surface area contributed by atoms with Crippen LogP contribution < -0.4 is 9.80 Å². The predicted molar refractivity (Wildman–Crippen MR) is 252 cm³/mol. The molecule has 2 aliphatic rings. The van der Waals surface area contributed by atoms with E-state index in [9.17, 15) is 35.5 Å².